The minimum atomic E-state index is -1.46. The number of rotatable bonds is 3. The molecule has 4 nitrogen and oxygen atoms in total. The number of aromatic nitrogens is 3. The number of hydrogen-bond acceptors (Lipinski definition) is 3. The molecule has 1 aromatic heterocycles. The van der Waals surface area contributed by atoms with Crippen LogP contribution in [-0.4, -0.2) is 14.8 Å². The van der Waals surface area contributed by atoms with Gasteiger partial charge in [-0.2, -0.15) is 0 Å². The molecule has 3 rings (SSSR count). The van der Waals surface area contributed by atoms with Crippen LogP contribution < -0.4 is 5.32 Å². The zero-order chi connectivity index (χ0) is 14.1. The van der Waals surface area contributed by atoms with Gasteiger partial charge in [0.2, 0.25) is 0 Å². The fraction of sp³-hybridized carbons (Fsp3) is 0.385. The van der Waals surface area contributed by atoms with Crippen molar-refractivity contribution in [3.05, 3.63) is 41.2 Å². The van der Waals surface area contributed by atoms with E-state index in [1.165, 1.54) is 0 Å². The molecule has 0 unspecified atom stereocenters. The van der Waals surface area contributed by atoms with Crippen LogP contribution in [0.4, 0.5) is 18.9 Å². The maximum absolute atomic E-state index is 13.1. The van der Waals surface area contributed by atoms with Crippen LogP contribution in [0, 0.1) is 17.5 Å². The molecule has 1 aromatic carbocycles. The number of fused-ring (bicyclic) bond motifs is 1. The molecule has 0 amide bonds. The molecule has 0 bridgehead atoms. The maximum Gasteiger partial charge on any atom is 0.194 e. The number of halogens is 3. The van der Waals surface area contributed by atoms with Gasteiger partial charge < -0.3 is 9.88 Å². The fourth-order valence-corrected chi connectivity index (χ4v) is 2.34. The Morgan fingerprint density at radius 3 is 2.60 bits per heavy atom. The van der Waals surface area contributed by atoms with E-state index in [-0.39, 0.29) is 12.2 Å². The molecule has 0 saturated carbocycles. The Morgan fingerprint density at radius 2 is 1.85 bits per heavy atom. The Balaban J connectivity index is 1.75. The first-order chi connectivity index (χ1) is 9.65. The van der Waals surface area contributed by atoms with E-state index in [2.05, 4.69) is 15.5 Å². The highest BCUT2D eigenvalue weighted by atomic mass is 19.2. The Morgan fingerprint density at radius 1 is 1.10 bits per heavy atom. The van der Waals surface area contributed by atoms with E-state index in [1.807, 2.05) is 4.57 Å². The van der Waals surface area contributed by atoms with Crippen molar-refractivity contribution in [1.29, 1.82) is 0 Å². The summed E-state index contributed by atoms with van der Waals surface area (Å²) in [5.41, 5.74) is 0.176. The maximum atomic E-state index is 13.1. The molecule has 2 aromatic rings. The van der Waals surface area contributed by atoms with Gasteiger partial charge in [-0.25, -0.2) is 13.2 Å². The molecule has 0 radical (unpaired) electrons. The smallest absolute Gasteiger partial charge is 0.194 e. The SMILES string of the molecule is Fc1cc(NCc2nnc3n2CCCC3)cc(F)c1F. The zero-order valence-corrected chi connectivity index (χ0v) is 10.7. The average Bonchev–Trinajstić information content (AvgIpc) is 2.85. The molecular weight excluding hydrogens is 269 g/mol. The molecule has 0 atom stereocenters. The van der Waals surface area contributed by atoms with Crippen LogP contribution in [0.2, 0.25) is 0 Å². The van der Waals surface area contributed by atoms with Crippen molar-refractivity contribution in [2.24, 2.45) is 0 Å². The number of anilines is 1. The summed E-state index contributed by atoms with van der Waals surface area (Å²) in [6, 6.07) is 1.85. The molecule has 106 valence electrons. The Hall–Kier alpha value is -2.05. The number of nitrogens with one attached hydrogen (secondary N) is 1. The molecular formula is C13H13F3N4. The van der Waals surface area contributed by atoms with Gasteiger partial charge in [0.15, 0.2) is 23.3 Å². The molecule has 1 aliphatic heterocycles. The summed E-state index contributed by atoms with van der Waals surface area (Å²) in [4.78, 5) is 0. The Kier molecular flexibility index (Phi) is 3.33. The van der Waals surface area contributed by atoms with Gasteiger partial charge in [-0.15, -0.1) is 10.2 Å². The highest BCUT2D eigenvalue weighted by molar-refractivity contribution is 5.44. The lowest BCUT2D eigenvalue weighted by atomic mass is 10.2. The zero-order valence-electron chi connectivity index (χ0n) is 10.7. The van der Waals surface area contributed by atoms with Gasteiger partial charge in [0, 0.05) is 30.8 Å². The lowest BCUT2D eigenvalue weighted by Crippen LogP contribution is -2.15. The van der Waals surface area contributed by atoms with Crippen molar-refractivity contribution in [2.75, 3.05) is 5.32 Å². The molecule has 2 heterocycles. The third kappa shape index (κ3) is 2.35. The second kappa shape index (κ2) is 5.15. The quantitative estimate of drug-likeness (QED) is 0.880. The molecule has 0 saturated heterocycles. The van der Waals surface area contributed by atoms with Crippen molar-refractivity contribution in [3.63, 3.8) is 0 Å². The van der Waals surface area contributed by atoms with E-state index in [1.54, 1.807) is 0 Å². The highest BCUT2D eigenvalue weighted by Gasteiger charge is 2.16. The molecule has 0 aliphatic carbocycles. The summed E-state index contributed by atoms with van der Waals surface area (Å²) in [7, 11) is 0. The normalized spacial score (nSPS) is 14.2. The van der Waals surface area contributed by atoms with Gasteiger partial charge in [-0.3, -0.25) is 0 Å². The van der Waals surface area contributed by atoms with Gasteiger partial charge >= 0.3 is 0 Å². The molecule has 0 fully saturated rings. The number of benzene rings is 1. The fourth-order valence-electron chi connectivity index (χ4n) is 2.34. The van der Waals surface area contributed by atoms with E-state index in [0.29, 0.717) is 5.82 Å². The molecule has 1 N–H and O–H groups in total. The first kappa shape index (κ1) is 13.0. The van der Waals surface area contributed by atoms with E-state index < -0.39 is 17.5 Å². The van der Waals surface area contributed by atoms with Crippen molar-refractivity contribution < 1.29 is 13.2 Å². The minimum absolute atomic E-state index is 0.176. The highest BCUT2D eigenvalue weighted by Crippen LogP contribution is 2.19. The summed E-state index contributed by atoms with van der Waals surface area (Å²) in [6.07, 6.45) is 3.06. The van der Waals surface area contributed by atoms with E-state index in [4.69, 9.17) is 0 Å². The predicted octanol–water partition coefficient (Wildman–Crippen LogP) is 2.64. The minimum Gasteiger partial charge on any atom is -0.378 e. The predicted molar refractivity (Wildman–Crippen MR) is 66.6 cm³/mol. The van der Waals surface area contributed by atoms with Gasteiger partial charge in [-0.05, 0) is 12.8 Å². The first-order valence-electron chi connectivity index (χ1n) is 6.44. The first-order valence-corrected chi connectivity index (χ1v) is 6.44. The number of hydrogen-bond donors (Lipinski definition) is 1. The largest absolute Gasteiger partial charge is 0.378 e. The van der Waals surface area contributed by atoms with Gasteiger partial charge in [-0.1, -0.05) is 0 Å². The van der Waals surface area contributed by atoms with Crippen molar-refractivity contribution in [1.82, 2.24) is 14.8 Å². The van der Waals surface area contributed by atoms with Crippen molar-refractivity contribution in [2.45, 2.75) is 32.4 Å². The summed E-state index contributed by atoms with van der Waals surface area (Å²) < 4.78 is 41.0. The lowest BCUT2D eigenvalue weighted by Gasteiger charge is -2.15. The van der Waals surface area contributed by atoms with E-state index in [9.17, 15) is 13.2 Å². The third-order valence-electron chi connectivity index (χ3n) is 3.37. The second-order valence-electron chi connectivity index (χ2n) is 4.75. The van der Waals surface area contributed by atoms with Crippen LogP contribution in [0.3, 0.4) is 0 Å². The van der Waals surface area contributed by atoms with Crippen molar-refractivity contribution >= 4 is 5.69 Å². The lowest BCUT2D eigenvalue weighted by molar-refractivity contribution is 0.447. The van der Waals surface area contributed by atoms with Crippen LogP contribution in [0.5, 0.6) is 0 Å². The van der Waals surface area contributed by atoms with E-state index >= 15 is 0 Å². The molecule has 7 heteroatoms. The second-order valence-corrected chi connectivity index (χ2v) is 4.75. The average molecular weight is 282 g/mol. The standard InChI is InChI=1S/C13H13F3N4/c14-9-5-8(6-10(15)13(9)16)17-7-12-19-18-11-3-1-2-4-20(11)12/h5-6,17H,1-4,7H2. The van der Waals surface area contributed by atoms with Crippen LogP contribution >= 0.6 is 0 Å². The summed E-state index contributed by atoms with van der Waals surface area (Å²) in [6.45, 7) is 1.14. The Labute approximate surface area is 113 Å². The van der Waals surface area contributed by atoms with Gasteiger partial charge in [0.25, 0.3) is 0 Å². The molecule has 1 aliphatic rings. The van der Waals surface area contributed by atoms with Crippen LogP contribution in [-0.2, 0) is 19.5 Å². The van der Waals surface area contributed by atoms with Gasteiger partial charge in [0.05, 0.1) is 6.54 Å². The summed E-state index contributed by atoms with van der Waals surface area (Å²) in [5.74, 6) is -2.24. The third-order valence-corrected chi connectivity index (χ3v) is 3.37. The van der Waals surface area contributed by atoms with Gasteiger partial charge in [0.1, 0.15) is 5.82 Å². The molecule has 0 spiro atoms. The number of nitrogens with zero attached hydrogens (tertiary/aromatic N) is 3. The summed E-state index contributed by atoms with van der Waals surface area (Å²) in [5, 5.41) is 11.0. The van der Waals surface area contributed by atoms with Crippen LogP contribution in [0.1, 0.15) is 24.5 Å². The van der Waals surface area contributed by atoms with E-state index in [0.717, 1.165) is 43.8 Å². The van der Waals surface area contributed by atoms with Crippen LogP contribution in [0.25, 0.3) is 0 Å². The van der Waals surface area contributed by atoms with Crippen LogP contribution in [0.15, 0.2) is 12.1 Å². The summed E-state index contributed by atoms with van der Waals surface area (Å²) >= 11 is 0. The topological polar surface area (TPSA) is 42.7 Å². The monoisotopic (exact) mass is 282 g/mol. The number of aryl methyl sites for hydroxylation is 1. The Bertz CT molecular complexity index is 616. The molecule has 20 heavy (non-hydrogen) atoms. The van der Waals surface area contributed by atoms with Crippen molar-refractivity contribution in [3.8, 4) is 0 Å².